The number of nitrogens with one attached hydrogen (secondary N) is 4. The van der Waals surface area contributed by atoms with Crippen LogP contribution in [0.5, 0.6) is 5.88 Å². The summed E-state index contributed by atoms with van der Waals surface area (Å²) in [5.74, 6) is -0.550. The van der Waals surface area contributed by atoms with E-state index in [0.29, 0.717) is 6.07 Å². The second kappa shape index (κ2) is 12.0. The van der Waals surface area contributed by atoms with Gasteiger partial charge in [0.05, 0.1) is 24.5 Å². The molecule has 0 saturated heterocycles. The van der Waals surface area contributed by atoms with E-state index in [9.17, 15) is 26.3 Å². The highest BCUT2D eigenvalue weighted by Gasteiger charge is 2.38. The summed E-state index contributed by atoms with van der Waals surface area (Å²) >= 11 is 0. The van der Waals surface area contributed by atoms with Crippen LogP contribution in [0.1, 0.15) is 29.6 Å². The Morgan fingerprint density at radius 1 is 1.19 bits per heavy atom. The van der Waals surface area contributed by atoms with E-state index in [0.717, 1.165) is 6.20 Å². The molecule has 0 aliphatic heterocycles. The fourth-order valence-corrected chi connectivity index (χ4v) is 2.87. The molecule has 0 aromatic carbocycles. The van der Waals surface area contributed by atoms with Gasteiger partial charge in [0.15, 0.2) is 5.69 Å². The molecule has 0 aliphatic rings. The van der Waals surface area contributed by atoms with Gasteiger partial charge in [0.25, 0.3) is 0 Å². The Morgan fingerprint density at radius 2 is 1.89 bits per heavy atom. The number of nitriles is 1. The molecule has 2 aromatic heterocycles. The van der Waals surface area contributed by atoms with Gasteiger partial charge in [0, 0.05) is 30.6 Å². The average Bonchev–Trinajstić information content (AvgIpc) is 2.80. The van der Waals surface area contributed by atoms with E-state index < -0.39 is 29.3 Å². The number of alkyl halides is 6. The summed E-state index contributed by atoms with van der Waals surface area (Å²) in [6.07, 6.45) is -7.20. The van der Waals surface area contributed by atoms with Crippen molar-refractivity contribution in [1.29, 1.82) is 10.7 Å². The molecule has 4 N–H and O–H groups in total. The number of allylic oxidation sites excluding steroid dienone is 1. The number of guanidine groups is 1. The Bertz CT molecular complexity index is 1230. The van der Waals surface area contributed by atoms with Crippen molar-refractivity contribution >= 4 is 22.9 Å². The van der Waals surface area contributed by atoms with E-state index in [1.807, 2.05) is 0 Å². The molecule has 2 aromatic rings. The van der Waals surface area contributed by atoms with Crippen molar-refractivity contribution in [2.75, 3.05) is 19.0 Å². The van der Waals surface area contributed by atoms with Crippen molar-refractivity contribution in [3.63, 3.8) is 0 Å². The predicted molar refractivity (Wildman–Crippen MR) is 122 cm³/mol. The highest BCUT2D eigenvalue weighted by molar-refractivity contribution is 6.24. The largest absolute Gasteiger partial charge is 0.478 e. The first-order valence-corrected chi connectivity index (χ1v) is 10.4. The first-order chi connectivity index (χ1) is 17.3. The predicted octanol–water partition coefficient (Wildman–Crippen LogP) is 3.78. The van der Waals surface area contributed by atoms with Gasteiger partial charge in [-0.2, -0.15) is 36.7 Å². The fourth-order valence-electron chi connectivity index (χ4n) is 2.87. The third kappa shape index (κ3) is 8.05. The quantitative estimate of drug-likeness (QED) is 0.175. The molecule has 0 spiro atoms. The van der Waals surface area contributed by atoms with Crippen LogP contribution < -0.4 is 20.7 Å². The monoisotopic (exact) mass is 529 g/mol. The van der Waals surface area contributed by atoms with E-state index in [1.54, 1.807) is 6.92 Å². The third-order valence-electron chi connectivity index (χ3n) is 4.38. The molecule has 198 valence electrons. The van der Waals surface area contributed by atoms with Gasteiger partial charge in [-0.15, -0.1) is 10.1 Å². The van der Waals surface area contributed by atoms with E-state index in [-0.39, 0.29) is 47.6 Å². The van der Waals surface area contributed by atoms with Gasteiger partial charge in [-0.3, -0.25) is 5.41 Å². The molecule has 0 atom stereocenters. The lowest BCUT2D eigenvalue weighted by Crippen LogP contribution is -2.31. The molecular weight excluding hydrogens is 508 g/mol. The summed E-state index contributed by atoms with van der Waals surface area (Å²) in [4.78, 5) is 6.87. The number of aliphatic imine (C=N–C) groups is 1. The Balaban J connectivity index is 2.26. The molecule has 2 heterocycles. The van der Waals surface area contributed by atoms with Crippen molar-refractivity contribution in [3.05, 3.63) is 47.0 Å². The number of aryl methyl sites for hydroxylation is 1. The SMILES string of the molecule is CCOc1cc(N/C(=N/C#N)NCc2cc(C)c(/C(=C/NC)C(=N)C(F)(F)F)nn2)cc(C(F)(F)F)n1. The van der Waals surface area contributed by atoms with Gasteiger partial charge < -0.3 is 20.7 Å². The first-order valence-electron chi connectivity index (χ1n) is 10.4. The topological polar surface area (TPSA) is 144 Å². The molecule has 0 radical (unpaired) electrons. The molecule has 0 fully saturated rings. The molecule has 0 bridgehead atoms. The van der Waals surface area contributed by atoms with Crippen LogP contribution in [0, 0.1) is 23.8 Å². The van der Waals surface area contributed by atoms with Crippen LogP contribution in [0.3, 0.4) is 0 Å². The van der Waals surface area contributed by atoms with Crippen LogP contribution in [-0.2, 0) is 12.7 Å². The molecular formula is C21H21F6N9O. The Morgan fingerprint density at radius 3 is 2.43 bits per heavy atom. The van der Waals surface area contributed by atoms with Gasteiger partial charge >= 0.3 is 12.4 Å². The van der Waals surface area contributed by atoms with Crippen molar-refractivity contribution in [1.82, 2.24) is 25.8 Å². The maximum atomic E-state index is 13.2. The van der Waals surface area contributed by atoms with Crippen LogP contribution in [0.25, 0.3) is 5.57 Å². The number of hydrogen-bond donors (Lipinski definition) is 4. The number of hydrogen-bond acceptors (Lipinski definition) is 8. The maximum absolute atomic E-state index is 13.2. The van der Waals surface area contributed by atoms with E-state index in [2.05, 4.69) is 36.1 Å². The zero-order valence-electron chi connectivity index (χ0n) is 19.6. The summed E-state index contributed by atoms with van der Waals surface area (Å²) in [6, 6.07) is 3.27. The molecule has 10 nitrogen and oxygen atoms in total. The van der Waals surface area contributed by atoms with Crippen LogP contribution in [0.15, 0.2) is 29.4 Å². The van der Waals surface area contributed by atoms with Crippen molar-refractivity contribution < 1.29 is 31.1 Å². The summed E-state index contributed by atoms with van der Waals surface area (Å²) in [5.41, 5.74) is -3.20. The van der Waals surface area contributed by atoms with Gasteiger partial charge in [-0.1, -0.05) is 0 Å². The lowest BCUT2D eigenvalue weighted by Gasteiger charge is -2.15. The van der Waals surface area contributed by atoms with Crippen LogP contribution in [0.4, 0.5) is 32.0 Å². The first kappa shape index (κ1) is 28.8. The standard InChI is InChI=1S/C21H21F6N9O/c1-4-37-16-7-12(6-15(34-16)20(22,23)24)33-19(32-10-28)31-8-13-5-11(2)17(36-35-13)14(9-30-3)18(29)21(25,26)27/h5-7,9,29-30H,4,8H2,1-3H3,(H2,31,32,33,34)/b14-9-,29-18?. The molecule has 0 amide bonds. The zero-order valence-corrected chi connectivity index (χ0v) is 19.6. The maximum Gasteiger partial charge on any atom is 0.433 e. The minimum absolute atomic E-state index is 0.0623. The zero-order chi connectivity index (χ0) is 27.8. The summed E-state index contributed by atoms with van der Waals surface area (Å²) in [7, 11) is 1.37. The number of ether oxygens (including phenoxy) is 1. The van der Waals surface area contributed by atoms with E-state index >= 15 is 0 Å². The molecule has 0 aliphatic carbocycles. The van der Waals surface area contributed by atoms with Crippen LogP contribution in [-0.4, -0.2) is 46.7 Å². The number of anilines is 1. The minimum Gasteiger partial charge on any atom is -0.478 e. The number of pyridine rings is 1. The van der Waals surface area contributed by atoms with E-state index in [4.69, 9.17) is 15.4 Å². The number of rotatable bonds is 8. The van der Waals surface area contributed by atoms with E-state index in [1.165, 1.54) is 32.3 Å². The minimum atomic E-state index is -4.91. The highest BCUT2D eigenvalue weighted by Crippen LogP contribution is 2.31. The molecule has 37 heavy (non-hydrogen) atoms. The Kier molecular flexibility index (Phi) is 9.36. The van der Waals surface area contributed by atoms with Crippen LogP contribution in [0.2, 0.25) is 0 Å². The summed E-state index contributed by atoms with van der Waals surface area (Å²) in [6.45, 7) is 2.94. The normalized spacial score (nSPS) is 12.5. The highest BCUT2D eigenvalue weighted by atomic mass is 19.4. The van der Waals surface area contributed by atoms with Gasteiger partial charge in [-0.05, 0) is 31.5 Å². The Labute approximate surface area is 207 Å². The molecule has 0 unspecified atom stereocenters. The number of aromatic nitrogens is 3. The second-order valence-electron chi connectivity index (χ2n) is 7.14. The van der Waals surface area contributed by atoms with Gasteiger partial charge in [0.2, 0.25) is 18.0 Å². The fraction of sp³-hybridized carbons (Fsp3) is 0.333. The molecule has 16 heteroatoms. The van der Waals surface area contributed by atoms with Crippen molar-refractivity contribution in [2.45, 2.75) is 32.7 Å². The third-order valence-corrected chi connectivity index (χ3v) is 4.38. The molecule has 2 rings (SSSR count). The smallest absolute Gasteiger partial charge is 0.433 e. The van der Waals surface area contributed by atoms with Gasteiger partial charge in [0.1, 0.15) is 5.71 Å². The van der Waals surface area contributed by atoms with Crippen LogP contribution >= 0.6 is 0 Å². The second-order valence-corrected chi connectivity index (χ2v) is 7.14. The Hall–Kier alpha value is -4.42. The molecule has 0 saturated carbocycles. The summed E-state index contributed by atoms with van der Waals surface area (Å²) < 4.78 is 83.8. The lowest BCUT2D eigenvalue weighted by molar-refractivity contribution is -0.141. The average molecular weight is 529 g/mol. The van der Waals surface area contributed by atoms with Gasteiger partial charge in [-0.25, -0.2) is 4.98 Å². The summed E-state index contributed by atoms with van der Waals surface area (Å²) in [5, 5.41) is 31.7. The van der Waals surface area contributed by atoms with Crippen molar-refractivity contribution in [3.8, 4) is 12.1 Å². The number of nitrogens with zero attached hydrogens (tertiary/aromatic N) is 5. The van der Waals surface area contributed by atoms with Crippen molar-refractivity contribution in [2.24, 2.45) is 4.99 Å². The number of halogens is 6. The lowest BCUT2D eigenvalue weighted by atomic mass is 10.0.